The van der Waals surface area contributed by atoms with Gasteiger partial charge in [-0.1, -0.05) is 70.4 Å². The number of anilines is 1. The molecule has 6 heteroatoms. The number of nitro benzene ring substituents is 1. The molecule has 31 heavy (non-hydrogen) atoms. The summed E-state index contributed by atoms with van der Waals surface area (Å²) in [5, 5.41) is 11.0. The number of nitro groups is 1. The zero-order valence-corrected chi connectivity index (χ0v) is 19.2. The lowest BCUT2D eigenvalue weighted by Gasteiger charge is -2.06. The summed E-state index contributed by atoms with van der Waals surface area (Å²) in [5.41, 5.74) is 6.32. The van der Waals surface area contributed by atoms with Gasteiger partial charge in [-0.05, 0) is 44.2 Å². The Labute approximate surface area is 187 Å². The second-order valence-corrected chi connectivity index (χ2v) is 8.14. The monoisotopic (exact) mass is 432 g/mol. The van der Waals surface area contributed by atoms with Crippen LogP contribution in [0.4, 0.5) is 11.4 Å². The number of ether oxygens (including phenoxy) is 1. The molecule has 0 amide bonds. The lowest BCUT2D eigenvalue weighted by Crippen LogP contribution is -2.06. The Bertz CT molecular complexity index is 673. The summed E-state index contributed by atoms with van der Waals surface area (Å²) in [5.74, 6) is -0.325. The average Bonchev–Trinajstić information content (AvgIpc) is 2.74. The molecule has 6 nitrogen and oxygen atoms in total. The number of carbonyl (C=O) groups excluding carboxylic acids is 1. The molecule has 0 atom stereocenters. The topological polar surface area (TPSA) is 95.5 Å². The second kappa shape index (κ2) is 17.3. The van der Waals surface area contributed by atoms with Crippen LogP contribution in [-0.4, -0.2) is 10.9 Å². The molecular weight excluding hydrogens is 392 g/mol. The van der Waals surface area contributed by atoms with Gasteiger partial charge in [0.1, 0.15) is 6.61 Å². The summed E-state index contributed by atoms with van der Waals surface area (Å²) in [4.78, 5) is 22.4. The molecule has 174 valence electrons. The van der Waals surface area contributed by atoms with Crippen LogP contribution in [0, 0.1) is 10.1 Å². The molecule has 0 aliphatic heterocycles. The van der Waals surface area contributed by atoms with Gasteiger partial charge >= 0.3 is 5.97 Å². The lowest BCUT2D eigenvalue weighted by molar-refractivity contribution is -0.385. The molecule has 0 saturated carbocycles. The van der Waals surface area contributed by atoms with Gasteiger partial charge in [-0.2, -0.15) is 0 Å². The predicted molar refractivity (Wildman–Crippen MR) is 127 cm³/mol. The number of unbranched alkanes of at least 4 members (excludes halogenated alkanes) is 11. The number of esters is 1. The van der Waals surface area contributed by atoms with Crippen LogP contribution in [0.2, 0.25) is 0 Å². The first-order chi connectivity index (χ1) is 15.0. The van der Waals surface area contributed by atoms with Crippen LogP contribution in [0.1, 0.15) is 102 Å². The molecule has 2 N–H and O–H groups in total. The first-order valence-corrected chi connectivity index (χ1v) is 11.9. The van der Waals surface area contributed by atoms with E-state index in [1.807, 2.05) is 0 Å². The Balaban J connectivity index is 2.00. The highest BCUT2D eigenvalue weighted by Crippen LogP contribution is 2.22. The minimum atomic E-state index is -0.494. The van der Waals surface area contributed by atoms with Gasteiger partial charge in [0.15, 0.2) is 0 Å². The van der Waals surface area contributed by atoms with E-state index in [0.717, 1.165) is 25.7 Å². The van der Waals surface area contributed by atoms with Crippen LogP contribution < -0.4 is 5.73 Å². The highest BCUT2D eigenvalue weighted by atomic mass is 16.6. The number of hydrogen-bond acceptors (Lipinski definition) is 5. The number of hydrogen-bond donors (Lipinski definition) is 1. The second-order valence-electron chi connectivity index (χ2n) is 8.14. The summed E-state index contributed by atoms with van der Waals surface area (Å²) >= 11 is 0. The number of carbonyl (C=O) groups is 1. The van der Waals surface area contributed by atoms with Gasteiger partial charge in [0.05, 0.1) is 10.5 Å². The molecule has 0 unspecified atom stereocenters. The molecule has 1 rings (SSSR count). The van der Waals surface area contributed by atoms with Gasteiger partial charge in [0.25, 0.3) is 5.69 Å². The number of benzene rings is 1. The molecule has 0 saturated heterocycles. The first kappa shape index (κ1) is 26.7. The van der Waals surface area contributed by atoms with Crippen molar-refractivity contribution in [2.24, 2.45) is 0 Å². The number of rotatable bonds is 18. The van der Waals surface area contributed by atoms with Crippen LogP contribution in [0.5, 0.6) is 0 Å². The van der Waals surface area contributed by atoms with Crippen molar-refractivity contribution >= 4 is 17.3 Å². The van der Waals surface area contributed by atoms with Crippen LogP contribution in [-0.2, 0) is 16.1 Å². The van der Waals surface area contributed by atoms with Crippen molar-refractivity contribution in [2.75, 3.05) is 5.73 Å². The van der Waals surface area contributed by atoms with Gasteiger partial charge in [-0.25, -0.2) is 0 Å². The van der Waals surface area contributed by atoms with Crippen molar-refractivity contribution in [3.05, 3.63) is 46.0 Å². The van der Waals surface area contributed by atoms with E-state index in [2.05, 4.69) is 19.1 Å². The molecule has 0 spiro atoms. The maximum atomic E-state index is 11.9. The zero-order valence-electron chi connectivity index (χ0n) is 19.2. The largest absolute Gasteiger partial charge is 0.461 e. The SMILES string of the molecule is CCCCCCCC/C=C\CCCCCCCC(=O)OCc1cc(N)ccc1[N+](=O)[O-]. The summed E-state index contributed by atoms with van der Waals surface area (Å²) < 4.78 is 5.18. The molecule has 0 heterocycles. The van der Waals surface area contributed by atoms with Gasteiger partial charge in [0, 0.05) is 18.2 Å². The fourth-order valence-corrected chi connectivity index (χ4v) is 3.47. The van der Waals surface area contributed by atoms with E-state index in [-0.39, 0.29) is 18.3 Å². The van der Waals surface area contributed by atoms with E-state index in [1.54, 1.807) is 0 Å². The number of allylic oxidation sites excluding steroid dienone is 2. The fourth-order valence-electron chi connectivity index (χ4n) is 3.47. The third-order valence-electron chi connectivity index (χ3n) is 5.33. The minimum absolute atomic E-state index is 0.0805. The van der Waals surface area contributed by atoms with E-state index >= 15 is 0 Å². The van der Waals surface area contributed by atoms with Gasteiger partial charge in [-0.3, -0.25) is 14.9 Å². The normalized spacial score (nSPS) is 11.1. The van der Waals surface area contributed by atoms with Crippen LogP contribution in [0.25, 0.3) is 0 Å². The molecule has 1 aromatic carbocycles. The van der Waals surface area contributed by atoms with Crippen LogP contribution in [0.3, 0.4) is 0 Å². The molecule has 0 fully saturated rings. The first-order valence-electron chi connectivity index (χ1n) is 11.9. The fraction of sp³-hybridized carbons (Fsp3) is 0.640. The Hall–Kier alpha value is -2.37. The summed E-state index contributed by atoms with van der Waals surface area (Å²) in [7, 11) is 0. The quantitative estimate of drug-likeness (QED) is 0.0657. The smallest absolute Gasteiger partial charge is 0.306 e. The van der Waals surface area contributed by atoms with Crippen molar-refractivity contribution in [1.29, 1.82) is 0 Å². The molecular formula is C25H40N2O4. The van der Waals surface area contributed by atoms with Crippen molar-refractivity contribution in [1.82, 2.24) is 0 Å². The van der Waals surface area contributed by atoms with Crippen molar-refractivity contribution in [3.8, 4) is 0 Å². The Morgan fingerprint density at radius 2 is 1.55 bits per heavy atom. The van der Waals surface area contributed by atoms with E-state index in [4.69, 9.17) is 10.5 Å². The summed E-state index contributed by atoms with van der Waals surface area (Å²) in [6.07, 6.45) is 20.6. The van der Waals surface area contributed by atoms with Crippen LogP contribution in [0.15, 0.2) is 30.4 Å². The van der Waals surface area contributed by atoms with E-state index in [9.17, 15) is 14.9 Å². The number of nitrogen functional groups attached to an aromatic ring is 1. The molecule has 0 aromatic heterocycles. The predicted octanol–water partition coefficient (Wildman–Crippen LogP) is 7.26. The lowest BCUT2D eigenvalue weighted by atomic mass is 10.1. The van der Waals surface area contributed by atoms with Crippen LogP contribution >= 0.6 is 0 Å². The van der Waals surface area contributed by atoms with Gasteiger partial charge < -0.3 is 10.5 Å². The van der Waals surface area contributed by atoms with Crippen molar-refractivity contribution in [2.45, 2.75) is 103 Å². The highest BCUT2D eigenvalue weighted by Gasteiger charge is 2.15. The molecule has 0 radical (unpaired) electrons. The third-order valence-corrected chi connectivity index (χ3v) is 5.33. The van der Waals surface area contributed by atoms with Gasteiger partial charge in [0.2, 0.25) is 0 Å². The average molecular weight is 433 g/mol. The summed E-state index contributed by atoms with van der Waals surface area (Å²) in [6, 6.07) is 4.28. The van der Waals surface area contributed by atoms with Gasteiger partial charge in [-0.15, -0.1) is 0 Å². The minimum Gasteiger partial charge on any atom is -0.461 e. The Morgan fingerprint density at radius 1 is 0.968 bits per heavy atom. The standard InChI is InChI=1S/C25H40N2O4/c1-2-3-4-5-6-7-8-9-10-11-12-13-14-15-16-17-25(28)31-21-22-20-23(26)18-19-24(22)27(29)30/h9-10,18-20H,2-8,11-17,21,26H2,1H3/b10-9-. The molecule has 0 aliphatic rings. The van der Waals surface area contributed by atoms with E-state index < -0.39 is 4.92 Å². The van der Waals surface area contributed by atoms with E-state index in [0.29, 0.717) is 17.7 Å². The summed E-state index contributed by atoms with van der Waals surface area (Å²) in [6.45, 7) is 2.13. The van der Waals surface area contributed by atoms with Crippen molar-refractivity contribution in [3.63, 3.8) is 0 Å². The Kier molecular flexibility index (Phi) is 14.9. The van der Waals surface area contributed by atoms with Crippen molar-refractivity contribution < 1.29 is 14.5 Å². The zero-order chi connectivity index (χ0) is 22.7. The van der Waals surface area contributed by atoms with E-state index in [1.165, 1.54) is 76.0 Å². The molecule has 0 bridgehead atoms. The number of nitrogens with two attached hydrogens (primary N) is 1. The number of nitrogens with zero attached hydrogens (tertiary/aromatic N) is 1. The third kappa shape index (κ3) is 13.5. The highest BCUT2D eigenvalue weighted by molar-refractivity contribution is 5.69. The molecule has 0 aliphatic carbocycles. The maximum absolute atomic E-state index is 11.9. The Morgan fingerprint density at radius 3 is 2.16 bits per heavy atom. The maximum Gasteiger partial charge on any atom is 0.306 e. The molecule has 1 aromatic rings.